The van der Waals surface area contributed by atoms with Crippen LogP contribution in [0.25, 0.3) is 0 Å². The van der Waals surface area contributed by atoms with Crippen molar-refractivity contribution in [3.8, 4) is 0 Å². The lowest BCUT2D eigenvalue weighted by Gasteiger charge is -1.95. The van der Waals surface area contributed by atoms with Gasteiger partial charge in [-0.15, -0.1) is 0 Å². The number of aliphatic hydroxyl groups is 2. The standard InChI is InChI=1S/C13H18O4/c14-9-11(15)6-4-2-1-3-5-10-7-12(16)8-13(10)17/h1,3,7,12,14,16H,2,4-6,8-9H2. The van der Waals surface area contributed by atoms with Crippen molar-refractivity contribution in [1.82, 2.24) is 0 Å². The van der Waals surface area contributed by atoms with E-state index in [1.807, 2.05) is 12.2 Å². The molecule has 0 spiro atoms. The molecule has 1 rings (SSSR count). The van der Waals surface area contributed by atoms with Crippen LogP contribution in [0.5, 0.6) is 0 Å². The minimum Gasteiger partial charge on any atom is -0.389 e. The van der Waals surface area contributed by atoms with Gasteiger partial charge in [0.05, 0.1) is 6.10 Å². The summed E-state index contributed by atoms with van der Waals surface area (Å²) in [5.74, 6) is -0.132. The molecule has 0 aromatic rings. The second-order valence-corrected chi connectivity index (χ2v) is 4.15. The first kappa shape index (κ1) is 13.8. The Kier molecular flexibility index (Phi) is 5.80. The Hall–Kier alpha value is -1.26. The average molecular weight is 238 g/mol. The van der Waals surface area contributed by atoms with Crippen LogP contribution >= 0.6 is 0 Å². The molecule has 0 fully saturated rings. The average Bonchev–Trinajstić information content (AvgIpc) is 2.62. The smallest absolute Gasteiger partial charge is 0.161 e. The quantitative estimate of drug-likeness (QED) is 0.511. The SMILES string of the molecule is O=C(CO)CCCC=CCC1=CC(O)CC1=O. The second kappa shape index (κ2) is 7.14. The third-order valence-electron chi connectivity index (χ3n) is 2.65. The van der Waals surface area contributed by atoms with Gasteiger partial charge in [0.15, 0.2) is 11.6 Å². The van der Waals surface area contributed by atoms with Crippen LogP contribution < -0.4 is 0 Å². The van der Waals surface area contributed by atoms with Crippen molar-refractivity contribution in [3.63, 3.8) is 0 Å². The molecule has 0 saturated carbocycles. The highest BCUT2D eigenvalue weighted by Gasteiger charge is 2.20. The maximum atomic E-state index is 11.3. The number of hydrogen-bond acceptors (Lipinski definition) is 4. The summed E-state index contributed by atoms with van der Waals surface area (Å²) in [4.78, 5) is 22.1. The van der Waals surface area contributed by atoms with Crippen LogP contribution in [0.2, 0.25) is 0 Å². The van der Waals surface area contributed by atoms with E-state index < -0.39 is 6.10 Å². The van der Waals surface area contributed by atoms with Crippen molar-refractivity contribution in [1.29, 1.82) is 0 Å². The number of ketones is 2. The minimum atomic E-state index is -0.618. The zero-order chi connectivity index (χ0) is 12.7. The highest BCUT2D eigenvalue weighted by molar-refractivity contribution is 5.98. The Balaban J connectivity index is 2.16. The zero-order valence-corrected chi connectivity index (χ0v) is 9.76. The van der Waals surface area contributed by atoms with E-state index in [1.54, 1.807) is 6.08 Å². The summed E-state index contributed by atoms with van der Waals surface area (Å²) < 4.78 is 0. The van der Waals surface area contributed by atoms with Crippen molar-refractivity contribution < 1.29 is 19.8 Å². The number of carbonyl (C=O) groups is 2. The molecular weight excluding hydrogens is 220 g/mol. The number of aliphatic hydroxyl groups excluding tert-OH is 2. The van der Waals surface area contributed by atoms with Gasteiger partial charge < -0.3 is 10.2 Å². The van der Waals surface area contributed by atoms with Crippen molar-refractivity contribution >= 4 is 11.6 Å². The molecule has 0 bridgehead atoms. The zero-order valence-electron chi connectivity index (χ0n) is 9.76. The molecule has 0 aromatic heterocycles. The van der Waals surface area contributed by atoms with Crippen molar-refractivity contribution in [2.45, 2.75) is 38.2 Å². The molecule has 0 radical (unpaired) electrons. The van der Waals surface area contributed by atoms with E-state index in [-0.39, 0.29) is 24.6 Å². The summed E-state index contributed by atoms with van der Waals surface area (Å²) in [6, 6.07) is 0. The van der Waals surface area contributed by atoms with Crippen molar-refractivity contribution in [2.75, 3.05) is 6.61 Å². The first-order chi connectivity index (χ1) is 8.13. The summed E-state index contributed by atoms with van der Waals surface area (Å²) in [6.45, 7) is -0.386. The summed E-state index contributed by atoms with van der Waals surface area (Å²) in [5.41, 5.74) is 0.667. The Bertz CT molecular complexity index is 341. The van der Waals surface area contributed by atoms with E-state index in [4.69, 9.17) is 5.11 Å². The summed E-state index contributed by atoms with van der Waals surface area (Å²) in [5, 5.41) is 17.7. The molecule has 0 aromatic carbocycles. The van der Waals surface area contributed by atoms with Gasteiger partial charge in [0, 0.05) is 12.8 Å². The highest BCUT2D eigenvalue weighted by Crippen LogP contribution is 2.18. The Morgan fingerprint density at radius 2 is 2.24 bits per heavy atom. The fourth-order valence-corrected chi connectivity index (χ4v) is 1.71. The molecule has 4 nitrogen and oxygen atoms in total. The van der Waals surface area contributed by atoms with Crippen LogP contribution in [0.1, 0.15) is 32.1 Å². The van der Waals surface area contributed by atoms with Crippen LogP contribution in [0.4, 0.5) is 0 Å². The molecule has 17 heavy (non-hydrogen) atoms. The molecule has 0 amide bonds. The maximum absolute atomic E-state index is 11.3. The molecular formula is C13H18O4. The molecule has 4 heteroatoms. The van der Waals surface area contributed by atoms with E-state index >= 15 is 0 Å². The van der Waals surface area contributed by atoms with Crippen LogP contribution in [0.3, 0.4) is 0 Å². The summed E-state index contributed by atoms with van der Waals surface area (Å²) in [6.07, 6.45) is 7.39. The third kappa shape index (κ3) is 5.06. The molecule has 1 aliphatic carbocycles. The Morgan fingerprint density at radius 1 is 1.47 bits per heavy atom. The van der Waals surface area contributed by atoms with Crippen LogP contribution in [-0.2, 0) is 9.59 Å². The van der Waals surface area contributed by atoms with E-state index in [0.29, 0.717) is 24.8 Å². The minimum absolute atomic E-state index is 0.0117. The molecule has 1 aliphatic rings. The van der Waals surface area contributed by atoms with Gasteiger partial charge in [-0.1, -0.05) is 12.2 Å². The first-order valence-electron chi connectivity index (χ1n) is 5.83. The molecule has 0 aliphatic heterocycles. The fourth-order valence-electron chi connectivity index (χ4n) is 1.71. The Morgan fingerprint density at radius 3 is 2.82 bits per heavy atom. The number of Topliss-reactive ketones (excluding diaryl/α,β-unsaturated/α-hetero) is 2. The van der Waals surface area contributed by atoms with Gasteiger partial charge in [0.2, 0.25) is 0 Å². The molecule has 1 unspecified atom stereocenters. The van der Waals surface area contributed by atoms with Crippen LogP contribution in [-0.4, -0.2) is 34.5 Å². The van der Waals surface area contributed by atoms with E-state index in [0.717, 1.165) is 6.42 Å². The van der Waals surface area contributed by atoms with Gasteiger partial charge in [-0.05, 0) is 30.9 Å². The molecule has 2 N–H and O–H groups in total. The lowest BCUT2D eigenvalue weighted by atomic mass is 10.1. The largest absolute Gasteiger partial charge is 0.389 e. The monoisotopic (exact) mass is 238 g/mol. The molecule has 0 heterocycles. The van der Waals surface area contributed by atoms with Gasteiger partial charge in [0.25, 0.3) is 0 Å². The number of unbranched alkanes of at least 4 members (excludes halogenated alkanes) is 1. The molecule has 94 valence electrons. The maximum Gasteiger partial charge on any atom is 0.161 e. The van der Waals surface area contributed by atoms with Crippen molar-refractivity contribution in [2.24, 2.45) is 0 Å². The van der Waals surface area contributed by atoms with Gasteiger partial charge in [-0.2, -0.15) is 0 Å². The lowest BCUT2D eigenvalue weighted by Crippen LogP contribution is -2.02. The molecule has 0 saturated heterocycles. The summed E-state index contributed by atoms with van der Waals surface area (Å²) in [7, 11) is 0. The number of carbonyl (C=O) groups excluding carboxylic acids is 2. The van der Waals surface area contributed by atoms with Crippen molar-refractivity contribution in [3.05, 3.63) is 23.8 Å². The lowest BCUT2D eigenvalue weighted by molar-refractivity contribution is -0.121. The summed E-state index contributed by atoms with van der Waals surface area (Å²) >= 11 is 0. The van der Waals surface area contributed by atoms with Gasteiger partial charge in [-0.3, -0.25) is 9.59 Å². The topological polar surface area (TPSA) is 74.6 Å². The van der Waals surface area contributed by atoms with Gasteiger partial charge in [0.1, 0.15) is 6.61 Å². The molecule has 1 atom stereocenters. The van der Waals surface area contributed by atoms with E-state index in [2.05, 4.69) is 0 Å². The predicted octanol–water partition coefficient (Wildman–Crippen LogP) is 0.924. The highest BCUT2D eigenvalue weighted by atomic mass is 16.3. The fraction of sp³-hybridized carbons (Fsp3) is 0.538. The van der Waals surface area contributed by atoms with Crippen LogP contribution in [0, 0.1) is 0 Å². The van der Waals surface area contributed by atoms with E-state index in [9.17, 15) is 14.7 Å². The second-order valence-electron chi connectivity index (χ2n) is 4.15. The normalized spacial score (nSPS) is 20.0. The number of hydrogen-bond donors (Lipinski definition) is 2. The van der Waals surface area contributed by atoms with Crippen LogP contribution in [0.15, 0.2) is 23.8 Å². The third-order valence-corrected chi connectivity index (χ3v) is 2.65. The van der Waals surface area contributed by atoms with Gasteiger partial charge in [-0.25, -0.2) is 0 Å². The predicted molar refractivity (Wildman–Crippen MR) is 63.4 cm³/mol. The number of allylic oxidation sites excluding steroid dienone is 3. The van der Waals surface area contributed by atoms with E-state index in [1.165, 1.54) is 0 Å². The Labute approximate surface area is 101 Å². The first-order valence-corrected chi connectivity index (χ1v) is 5.83. The number of rotatable bonds is 7. The van der Waals surface area contributed by atoms with Gasteiger partial charge >= 0.3 is 0 Å².